The Hall–Kier alpha value is -4.16. The number of amides is 3. The van der Waals surface area contributed by atoms with Crippen molar-refractivity contribution < 1.29 is 24.2 Å². The zero-order valence-corrected chi connectivity index (χ0v) is 22.5. The number of likely N-dealkylation sites (tertiary alicyclic amines) is 1. The number of carbonyl (C=O) groups is 3. The molecule has 3 N–H and O–H groups in total. The molecule has 5 atom stereocenters. The fourth-order valence-corrected chi connectivity index (χ4v) is 6.12. The lowest BCUT2D eigenvalue weighted by molar-refractivity contribution is -0.136. The minimum Gasteiger partial charge on any atom is -0.496 e. The number of rotatable bonds is 8. The van der Waals surface area contributed by atoms with Crippen molar-refractivity contribution in [3.8, 4) is 11.8 Å². The second-order valence-electron chi connectivity index (χ2n) is 10.8. The summed E-state index contributed by atoms with van der Waals surface area (Å²) < 4.78 is 5.48. The van der Waals surface area contributed by atoms with E-state index < -0.39 is 30.0 Å². The Morgan fingerprint density at radius 3 is 2.75 bits per heavy atom. The molecule has 0 aromatic heterocycles. The van der Waals surface area contributed by atoms with Gasteiger partial charge in [0.15, 0.2) is 6.10 Å². The van der Waals surface area contributed by atoms with Crippen molar-refractivity contribution in [2.75, 3.05) is 20.2 Å². The van der Waals surface area contributed by atoms with Crippen LogP contribution in [0.2, 0.25) is 0 Å². The molecule has 0 radical (unpaired) electrons. The number of nitrogens with one attached hydrogen (secondary N) is 2. The maximum Gasteiger partial charge on any atom is 0.250 e. The number of nitrogens with zero attached hydrogens (tertiary/aromatic N) is 2. The van der Waals surface area contributed by atoms with Crippen LogP contribution < -0.4 is 15.4 Å². The molecule has 1 aliphatic carbocycles. The highest BCUT2D eigenvalue weighted by Gasteiger charge is 2.43. The highest BCUT2D eigenvalue weighted by molar-refractivity contribution is 6.03. The van der Waals surface area contributed by atoms with E-state index in [2.05, 4.69) is 10.6 Å². The normalized spacial score (nSPS) is 23.3. The third kappa shape index (κ3) is 5.58. The van der Waals surface area contributed by atoms with E-state index >= 15 is 0 Å². The predicted octanol–water partition coefficient (Wildman–Crippen LogP) is 2.30. The monoisotopic (exact) mass is 542 g/mol. The SMILES string of the molecule is COc1cccc2c1C=C(C(=O)N1CC(c3ccccc3)CC1C(=O)NC(CC1CCCNC1=O)C(O)C#N)C2. The zero-order chi connectivity index (χ0) is 28.2. The summed E-state index contributed by atoms with van der Waals surface area (Å²) in [5.74, 6) is -0.559. The molecule has 2 aliphatic heterocycles. The molecule has 0 bridgehead atoms. The van der Waals surface area contributed by atoms with Crippen LogP contribution in [0.3, 0.4) is 0 Å². The number of nitriles is 1. The Labute approximate surface area is 233 Å². The molecule has 2 saturated heterocycles. The standard InChI is InChI=1S/C31H34N4O5/c1-40-28-11-5-9-20-13-22(14-24(20)28)31(39)35-18-23(19-7-3-2-4-8-19)16-26(35)30(38)34-25(27(36)17-32)15-21-10-6-12-33-29(21)37/h2-5,7-9,11,14,21,23,25-27,36H,6,10,12-13,15-16,18H2,1H3,(H,33,37)(H,34,38). The summed E-state index contributed by atoms with van der Waals surface area (Å²) in [6.45, 7) is 0.959. The molecule has 40 heavy (non-hydrogen) atoms. The van der Waals surface area contributed by atoms with Gasteiger partial charge in [0.1, 0.15) is 11.8 Å². The van der Waals surface area contributed by atoms with Crippen molar-refractivity contribution >= 4 is 23.8 Å². The second-order valence-corrected chi connectivity index (χ2v) is 10.8. The number of hydrogen-bond acceptors (Lipinski definition) is 6. The lowest BCUT2D eigenvalue weighted by atomic mass is 9.89. The topological polar surface area (TPSA) is 132 Å². The van der Waals surface area contributed by atoms with Crippen LogP contribution in [0.4, 0.5) is 0 Å². The molecule has 3 amide bonds. The molecule has 3 aliphatic rings. The van der Waals surface area contributed by atoms with Crippen molar-refractivity contribution in [1.82, 2.24) is 15.5 Å². The van der Waals surface area contributed by atoms with Crippen LogP contribution in [-0.2, 0) is 20.8 Å². The van der Waals surface area contributed by atoms with Gasteiger partial charge in [0.05, 0.1) is 19.2 Å². The fourth-order valence-electron chi connectivity index (χ4n) is 6.12. The quantitative estimate of drug-likeness (QED) is 0.439. The lowest BCUT2D eigenvalue weighted by Gasteiger charge is -2.30. The summed E-state index contributed by atoms with van der Waals surface area (Å²) in [6, 6.07) is 15.6. The Kier molecular flexibility index (Phi) is 8.17. The summed E-state index contributed by atoms with van der Waals surface area (Å²) in [5.41, 5.74) is 3.48. The molecular weight excluding hydrogens is 508 g/mol. The minimum absolute atomic E-state index is 0.0525. The predicted molar refractivity (Wildman–Crippen MR) is 148 cm³/mol. The van der Waals surface area contributed by atoms with Gasteiger partial charge in [0.25, 0.3) is 5.91 Å². The molecule has 0 spiro atoms. The van der Waals surface area contributed by atoms with E-state index in [-0.39, 0.29) is 24.2 Å². The number of methoxy groups -OCH3 is 1. The van der Waals surface area contributed by atoms with E-state index in [4.69, 9.17) is 4.74 Å². The smallest absolute Gasteiger partial charge is 0.250 e. The van der Waals surface area contributed by atoms with Crippen LogP contribution in [0.1, 0.15) is 48.3 Å². The minimum atomic E-state index is -1.48. The number of aliphatic hydroxyl groups excluding tert-OH is 1. The first kappa shape index (κ1) is 27.4. The molecule has 5 unspecified atom stereocenters. The van der Waals surface area contributed by atoms with Crippen LogP contribution in [0.5, 0.6) is 5.75 Å². The molecule has 2 heterocycles. The van der Waals surface area contributed by atoms with Crippen LogP contribution >= 0.6 is 0 Å². The Balaban J connectivity index is 1.39. The van der Waals surface area contributed by atoms with Gasteiger partial charge in [-0.2, -0.15) is 5.26 Å². The number of aliphatic hydroxyl groups is 1. The number of hydrogen-bond donors (Lipinski definition) is 3. The van der Waals surface area contributed by atoms with Gasteiger partial charge in [-0.25, -0.2) is 0 Å². The average molecular weight is 543 g/mol. The van der Waals surface area contributed by atoms with Gasteiger partial charge in [0, 0.05) is 42.5 Å². The van der Waals surface area contributed by atoms with Crippen molar-refractivity contribution in [1.29, 1.82) is 5.26 Å². The molecule has 2 aromatic carbocycles. The molecule has 5 rings (SSSR count). The van der Waals surface area contributed by atoms with Crippen LogP contribution in [0, 0.1) is 17.2 Å². The van der Waals surface area contributed by atoms with Gasteiger partial charge in [-0.15, -0.1) is 0 Å². The zero-order valence-electron chi connectivity index (χ0n) is 22.5. The third-order valence-electron chi connectivity index (χ3n) is 8.26. The van der Waals surface area contributed by atoms with Gasteiger partial charge in [-0.3, -0.25) is 14.4 Å². The van der Waals surface area contributed by atoms with Gasteiger partial charge in [0.2, 0.25) is 11.8 Å². The van der Waals surface area contributed by atoms with E-state index in [0.717, 1.165) is 23.1 Å². The lowest BCUT2D eigenvalue weighted by Crippen LogP contribution is -2.53. The molecular formula is C31H34N4O5. The number of fused-ring (bicyclic) bond motifs is 1. The second kappa shape index (κ2) is 11.9. The molecule has 208 valence electrons. The highest BCUT2D eigenvalue weighted by atomic mass is 16.5. The Morgan fingerprint density at radius 2 is 2.02 bits per heavy atom. The van der Waals surface area contributed by atoms with Gasteiger partial charge < -0.3 is 25.4 Å². The van der Waals surface area contributed by atoms with Gasteiger partial charge in [-0.1, -0.05) is 42.5 Å². The summed E-state index contributed by atoms with van der Waals surface area (Å²) >= 11 is 0. The number of piperidine rings is 1. The Morgan fingerprint density at radius 1 is 1.23 bits per heavy atom. The number of carbonyl (C=O) groups excluding carboxylic acids is 3. The third-order valence-corrected chi connectivity index (χ3v) is 8.26. The van der Waals surface area contributed by atoms with Crippen molar-refractivity contribution in [3.63, 3.8) is 0 Å². The van der Waals surface area contributed by atoms with Crippen LogP contribution in [0.15, 0.2) is 54.1 Å². The summed E-state index contributed by atoms with van der Waals surface area (Å²) in [4.78, 5) is 41.6. The molecule has 9 heteroatoms. The maximum absolute atomic E-state index is 13.9. The molecule has 9 nitrogen and oxygen atoms in total. The first-order chi connectivity index (χ1) is 19.4. The van der Waals surface area contributed by atoms with E-state index in [1.165, 1.54) is 0 Å². The average Bonchev–Trinajstić information content (AvgIpc) is 3.63. The maximum atomic E-state index is 13.9. The van der Waals surface area contributed by atoms with E-state index in [1.807, 2.05) is 60.7 Å². The molecule has 0 saturated carbocycles. The van der Waals surface area contributed by atoms with Crippen molar-refractivity contribution in [3.05, 3.63) is 70.8 Å². The molecule has 2 aromatic rings. The van der Waals surface area contributed by atoms with Crippen LogP contribution in [0.25, 0.3) is 6.08 Å². The van der Waals surface area contributed by atoms with Crippen LogP contribution in [-0.4, -0.2) is 66.1 Å². The van der Waals surface area contributed by atoms with E-state index in [1.54, 1.807) is 12.0 Å². The highest BCUT2D eigenvalue weighted by Crippen LogP contribution is 2.37. The molecule has 2 fully saturated rings. The fraction of sp³-hybridized carbons (Fsp3) is 0.419. The van der Waals surface area contributed by atoms with Crippen molar-refractivity contribution in [2.45, 2.75) is 56.2 Å². The van der Waals surface area contributed by atoms with Crippen molar-refractivity contribution in [2.24, 2.45) is 5.92 Å². The summed E-state index contributed by atoms with van der Waals surface area (Å²) in [5, 5.41) is 25.5. The van der Waals surface area contributed by atoms with E-state index in [0.29, 0.717) is 43.7 Å². The van der Waals surface area contributed by atoms with Gasteiger partial charge in [-0.05, 0) is 49.0 Å². The number of ether oxygens (including phenoxy) is 1. The first-order valence-corrected chi connectivity index (χ1v) is 13.8. The number of benzene rings is 2. The van der Waals surface area contributed by atoms with E-state index in [9.17, 15) is 24.8 Å². The summed E-state index contributed by atoms with van der Waals surface area (Å²) in [7, 11) is 1.59. The largest absolute Gasteiger partial charge is 0.496 e. The summed E-state index contributed by atoms with van der Waals surface area (Å²) in [6.07, 6.45) is 2.78. The Bertz CT molecular complexity index is 1350. The first-order valence-electron chi connectivity index (χ1n) is 13.8. The van der Waals surface area contributed by atoms with Gasteiger partial charge >= 0.3 is 0 Å².